The van der Waals surface area contributed by atoms with E-state index in [0.29, 0.717) is 5.69 Å². The van der Waals surface area contributed by atoms with Gasteiger partial charge in [-0.25, -0.2) is 9.37 Å². The van der Waals surface area contributed by atoms with Gasteiger partial charge in [-0.05, 0) is 25.1 Å². The third-order valence-electron chi connectivity index (χ3n) is 1.86. The van der Waals surface area contributed by atoms with E-state index in [0.717, 1.165) is 16.3 Å². The van der Waals surface area contributed by atoms with Crippen molar-refractivity contribution in [1.29, 1.82) is 0 Å². The number of halogens is 1. The largest absolute Gasteiger partial charge is 0.398 e. The Kier molecular flexibility index (Phi) is 2.21. The predicted octanol–water partition coefficient (Wildman–Crippen LogP) is 2.84. The second kappa shape index (κ2) is 3.38. The summed E-state index contributed by atoms with van der Waals surface area (Å²) in [5, 5.41) is 2.78. The standard InChI is InChI=1S/C10H9FN2S/c1-6-5-14-10(13-6)8-3-2-7(11)4-9(8)12/h2-5H,12H2,1H3. The number of hydrogen-bond donors (Lipinski definition) is 1. The maximum Gasteiger partial charge on any atom is 0.125 e. The summed E-state index contributed by atoms with van der Waals surface area (Å²) >= 11 is 1.51. The van der Waals surface area contributed by atoms with Crippen LogP contribution in [-0.4, -0.2) is 4.98 Å². The van der Waals surface area contributed by atoms with E-state index in [4.69, 9.17) is 5.73 Å². The lowest BCUT2D eigenvalue weighted by Gasteiger charge is -2.01. The zero-order valence-electron chi connectivity index (χ0n) is 7.62. The first kappa shape index (κ1) is 9.15. The van der Waals surface area contributed by atoms with Crippen LogP contribution >= 0.6 is 11.3 Å². The highest BCUT2D eigenvalue weighted by Crippen LogP contribution is 2.28. The molecule has 0 unspecified atom stereocenters. The number of nitrogens with zero attached hydrogens (tertiary/aromatic N) is 1. The van der Waals surface area contributed by atoms with Gasteiger partial charge >= 0.3 is 0 Å². The Balaban J connectivity index is 2.52. The monoisotopic (exact) mass is 208 g/mol. The lowest BCUT2D eigenvalue weighted by Crippen LogP contribution is -1.90. The summed E-state index contributed by atoms with van der Waals surface area (Å²) in [6, 6.07) is 4.36. The van der Waals surface area contributed by atoms with Crippen molar-refractivity contribution in [3.63, 3.8) is 0 Å². The van der Waals surface area contributed by atoms with E-state index >= 15 is 0 Å². The second-order valence-corrected chi connectivity index (χ2v) is 3.88. The highest BCUT2D eigenvalue weighted by molar-refractivity contribution is 7.13. The highest BCUT2D eigenvalue weighted by Gasteiger charge is 2.06. The Morgan fingerprint density at radius 2 is 2.21 bits per heavy atom. The van der Waals surface area contributed by atoms with Crippen LogP contribution in [0.2, 0.25) is 0 Å². The minimum Gasteiger partial charge on any atom is -0.398 e. The molecule has 72 valence electrons. The first-order chi connectivity index (χ1) is 6.66. The van der Waals surface area contributed by atoms with Gasteiger partial charge in [-0.2, -0.15) is 0 Å². The molecule has 1 aromatic heterocycles. The van der Waals surface area contributed by atoms with Crippen LogP contribution in [0.3, 0.4) is 0 Å². The molecule has 0 amide bonds. The van der Waals surface area contributed by atoms with Crippen molar-refractivity contribution in [2.24, 2.45) is 0 Å². The molecule has 2 N–H and O–H groups in total. The van der Waals surface area contributed by atoms with Crippen molar-refractivity contribution >= 4 is 17.0 Å². The number of nitrogens with two attached hydrogens (primary N) is 1. The van der Waals surface area contributed by atoms with E-state index < -0.39 is 0 Å². The van der Waals surface area contributed by atoms with Crippen LogP contribution < -0.4 is 5.73 Å². The van der Waals surface area contributed by atoms with Gasteiger partial charge < -0.3 is 5.73 Å². The molecule has 2 nitrogen and oxygen atoms in total. The average Bonchev–Trinajstić information content (AvgIpc) is 2.51. The van der Waals surface area contributed by atoms with E-state index in [9.17, 15) is 4.39 Å². The third kappa shape index (κ3) is 1.61. The van der Waals surface area contributed by atoms with Gasteiger partial charge in [-0.15, -0.1) is 11.3 Å². The SMILES string of the molecule is Cc1csc(-c2ccc(F)cc2N)n1. The van der Waals surface area contributed by atoms with Crippen LogP contribution in [0.15, 0.2) is 23.6 Å². The summed E-state index contributed by atoms with van der Waals surface area (Å²) in [4.78, 5) is 4.29. The number of aryl methyl sites for hydroxylation is 1. The van der Waals surface area contributed by atoms with E-state index in [2.05, 4.69) is 4.98 Å². The molecule has 0 spiro atoms. The Hall–Kier alpha value is -1.42. The van der Waals surface area contributed by atoms with Gasteiger partial charge in [-0.1, -0.05) is 0 Å². The summed E-state index contributed by atoms with van der Waals surface area (Å²) < 4.78 is 12.8. The van der Waals surface area contributed by atoms with Crippen LogP contribution in [-0.2, 0) is 0 Å². The molecule has 0 fully saturated rings. The van der Waals surface area contributed by atoms with Crippen molar-refractivity contribution in [2.45, 2.75) is 6.92 Å². The molecule has 4 heteroatoms. The predicted molar refractivity (Wildman–Crippen MR) is 56.7 cm³/mol. The zero-order valence-corrected chi connectivity index (χ0v) is 8.44. The summed E-state index contributed by atoms with van der Waals surface area (Å²) in [6.07, 6.45) is 0. The van der Waals surface area contributed by atoms with Crippen LogP contribution in [0, 0.1) is 12.7 Å². The fourth-order valence-corrected chi connectivity index (χ4v) is 2.05. The number of hydrogen-bond acceptors (Lipinski definition) is 3. The molecule has 0 aliphatic rings. The first-order valence-corrected chi connectivity index (χ1v) is 5.02. The van der Waals surface area contributed by atoms with Gasteiger partial charge in [0.1, 0.15) is 10.8 Å². The Labute approximate surface area is 85.2 Å². The molecule has 14 heavy (non-hydrogen) atoms. The minimum absolute atomic E-state index is 0.320. The number of benzene rings is 1. The molecule has 2 rings (SSSR count). The molecule has 1 heterocycles. The minimum atomic E-state index is -0.320. The molecular formula is C10H9FN2S. The molecule has 2 aromatic rings. The molecule has 0 aliphatic carbocycles. The number of thiazole rings is 1. The molecule has 0 radical (unpaired) electrons. The molecular weight excluding hydrogens is 199 g/mol. The summed E-state index contributed by atoms with van der Waals surface area (Å²) in [5.41, 5.74) is 7.87. The Morgan fingerprint density at radius 1 is 1.43 bits per heavy atom. The Morgan fingerprint density at radius 3 is 2.79 bits per heavy atom. The van der Waals surface area contributed by atoms with Crippen LogP contribution in [0.1, 0.15) is 5.69 Å². The fraction of sp³-hybridized carbons (Fsp3) is 0.100. The lowest BCUT2D eigenvalue weighted by atomic mass is 10.2. The molecule has 0 bridgehead atoms. The maximum atomic E-state index is 12.8. The topological polar surface area (TPSA) is 38.9 Å². The van der Waals surface area contributed by atoms with Gasteiger partial charge in [0.2, 0.25) is 0 Å². The van der Waals surface area contributed by atoms with Gasteiger partial charge in [0.15, 0.2) is 0 Å². The second-order valence-electron chi connectivity index (χ2n) is 3.03. The van der Waals surface area contributed by atoms with Crippen molar-refractivity contribution in [1.82, 2.24) is 4.98 Å². The molecule has 1 aromatic carbocycles. The van der Waals surface area contributed by atoms with Crippen molar-refractivity contribution in [3.05, 3.63) is 35.1 Å². The van der Waals surface area contributed by atoms with E-state index in [-0.39, 0.29) is 5.82 Å². The quantitative estimate of drug-likeness (QED) is 0.732. The maximum absolute atomic E-state index is 12.8. The molecule has 0 aliphatic heterocycles. The first-order valence-electron chi connectivity index (χ1n) is 4.14. The van der Waals surface area contributed by atoms with E-state index in [1.54, 1.807) is 6.07 Å². The molecule has 0 saturated heterocycles. The number of anilines is 1. The van der Waals surface area contributed by atoms with E-state index in [1.165, 1.54) is 23.5 Å². The summed E-state index contributed by atoms with van der Waals surface area (Å²) in [6.45, 7) is 1.92. The summed E-state index contributed by atoms with van der Waals surface area (Å²) in [7, 11) is 0. The van der Waals surface area contributed by atoms with Gasteiger partial charge in [0.25, 0.3) is 0 Å². The van der Waals surface area contributed by atoms with Crippen molar-refractivity contribution in [3.8, 4) is 10.6 Å². The van der Waals surface area contributed by atoms with Gasteiger partial charge in [0, 0.05) is 22.3 Å². The highest BCUT2D eigenvalue weighted by atomic mass is 32.1. The van der Waals surface area contributed by atoms with E-state index in [1.807, 2.05) is 12.3 Å². The van der Waals surface area contributed by atoms with Gasteiger partial charge in [-0.3, -0.25) is 0 Å². The molecule has 0 atom stereocenters. The number of aromatic nitrogens is 1. The summed E-state index contributed by atoms with van der Waals surface area (Å²) in [5.74, 6) is -0.320. The Bertz CT molecular complexity index is 465. The van der Waals surface area contributed by atoms with Crippen LogP contribution in [0.25, 0.3) is 10.6 Å². The fourth-order valence-electron chi connectivity index (χ4n) is 1.21. The molecule has 0 saturated carbocycles. The van der Waals surface area contributed by atoms with Crippen molar-refractivity contribution in [2.75, 3.05) is 5.73 Å². The van der Waals surface area contributed by atoms with Crippen LogP contribution in [0.5, 0.6) is 0 Å². The number of nitrogen functional groups attached to an aromatic ring is 1. The van der Waals surface area contributed by atoms with Gasteiger partial charge in [0.05, 0.1) is 0 Å². The number of rotatable bonds is 1. The third-order valence-corrected chi connectivity index (χ3v) is 2.86. The zero-order chi connectivity index (χ0) is 10.1. The smallest absolute Gasteiger partial charge is 0.125 e. The van der Waals surface area contributed by atoms with Crippen LogP contribution in [0.4, 0.5) is 10.1 Å². The lowest BCUT2D eigenvalue weighted by molar-refractivity contribution is 0.628. The normalized spacial score (nSPS) is 10.4. The average molecular weight is 208 g/mol. The van der Waals surface area contributed by atoms with Crippen molar-refractivity contribution < 1.29 is 4.39 Å².